The van der Waals surface area contributed by atoms with E-state index in [-0.39, 0.29) is 5.91 Å². The largest absolute Gasteiger partial charge is 0.461 e. The van der Waals surface area contributed by atoms with Crippen LogP contribution in [0.1, 0.15) is 17.7 Å². The minimum absolute atomic E-state index is 0.0643. The van der Waals surface area contributed by atoms with E-state index in [1.54, 1.807) is 18.2 Å². The molecule has 2 aromatic carbocycles. The first kappa shape index (κ1) is 16.3. The lowest BCUT2D eigenvalue weighted by Gasteiger charge is -2.04. The van der Waals surface area contributed by atoms with Crippen molar-refractivity contribution in [3.63, 3.8) is 0 Å². The summed E-state index contributed by atoms with van der Waals surface area (Å²) >= 11 is 5.91. The molecule has 1 amide bonds. The molecule has 0 bridgehead atoms. The molecule has 0 radical (unpaired) electrons. The van der Waals surface area contributed by atoms with E-state index in [1.165, 1.54) is 5.56 Å². The number of hydrogen-bond donors (Lipinski definition) is 1. The summed E-state index contributed by atoms with van der Waals surface area (Å²) < 4.78 is 5.83. The number of halogens is 1. The van der Waals surface area contributed by atoms with Gasteiger partial charge in [-0.3, -0.25) is 4.79 Å². The second-order valence-corrected chi connectivity index (χ2v) is 6.13. The number of carbonyl (C=O) groups is 1. The summed E-state index contributed by atoms with van der Waals surface area (Å²) in [5.41, 5.74) is 2.95. The fourth-order valence-electron chi connectivity index (χ4n) is 2.41. The molecule has 0 aliphatic rings. The Morgan fingerprint density at radius 2 is 1.88 bits per heavy atom. The van der Waals surface area contributed by atoms with E-state index in [2.05, 4.69) is 24.4 Å². The third-order valence-electron chi connectivity index (χ3n) is 3.70. The van der Waals surface area contributed by atoms with E-state index in [9.17, 15) is 4.79 Å². The molecule has 3 nitrogen and oxygen atoms in total. The van der Waals surface area contributed by atoms with E-state index >= 15 is 0 Å². The van der Waals surface area contributed by atoms with E-state index < -0.39 is 0 Å². The van der Waals surface area contributed by atoms with Crippen LogP contribution >= 0.6 is 11.6 Å². The molecule has 0 saturated heterocycles. The van der Waals surface area contributed by atoms with Crippen LogP contribution in [0.25, 0.3) is 11.3 Å². The van der Waals surface area contributed by atoms with Crippen molar-refractivity contribution in [2.24, 2.45) is 0 Å². The number of nitrogens with one attached hydrogen (secondary N) is 1. The standard InChI is InChI=1S/C20H18ClNO2/c1-14-5-7-15(8-6-14)19-11-9-18(24-19)10-12-20(23)22-17-4-2-3-16(21)13-17/h2-9,11,13H,10,12H2,1H3,(H,22,23). The van der Waals surface area contributed by atoms with E-state index in [0.29, 0.717) is 23.6 Å². The monoisotopic (exact) mass is 339 g/mol. The number of aryl methyl sites for hydroxylation is 2. The van der Waals surface area contributed by atoms with E-state index in [0.717, 1.165) is 17.1 Å². The Morgan fingerprint density at radius 3 is 2.62 bits per heavy atom. The van der Waals surface area contributed by atoms with Gasteiger partial charge in [-0.2, -0.15) is 0 Å². The van der Waals surface area contributed by atoms with Crippen molar-refractivity contribution in [1.29, 1.82) is 0 Å². The lowest BCUT2D eigenvalue weighted by atomic mass is 10.1. The highest BCUT2D eigenvalue weighted by Gasteiger charge is 2.08. The molecule has 3 aromatic rings. The first-order chi connectivity index (χ1) is 11.6. The zero-order valence-corrected chi connectivity index (χ0v) is 14.1. The van der Waals surface area contributed by atoms with Crippen LogP contribution in [0.2, 0.25) is 5.02 Å². The van der Waals surface area contributed by atoms with Gasteiger partial charge in [-0.05, 0) is 37.3 Å². The van der Waals surface area contributed by atoms with Gasteiger partial charge >= 0.3 is 0 Å². The molecule has 0 aliphatic heterocycles. The van der Waals surface area contributed by atoms with Crippen molar-refractivity contribution >= 4 is 23.2 Å². The molecular formula is C20H18ClNO2. The van der Waals surface area contributed by atoms with Crippen LogP contribution in [-0.2, 0) is 11.2 Å². The number of furan rings is 1. The molecule has 0 unspecified atom stereocenters. The Kier molecular flexibility index (Phi) is 5.02. The average Bonchev–Trinajstić information content (AvgIpc) is 3.03. The molecule has 24 heavy (non-hydrogen) atoms. The Morgan fingerprint density at radius 1 is 1.08 bits per heavy atom. The van der Waals surface area contributed by atoms with Gasteiger partial charge in [0.15, 0.2) is 0 Å². The minimum atomic E-state index is -0.0643. The van der Waals surface area contributed by atoms with Crippen molar-refractivity contribution in [3.05, 3.63) is 77.0 Å². The Labute approximate surface area is 146 Å². The normalized spacial score (nSPS) is 10.6. The molecule has 122 valence electrons. The topological polar surface area (TPSA) is 42.2 Å². The van der Waals surface area contributed by atoms with Crippen LogP contribution in [0.4, 0.5) is 5.69 Å². The van der Waals surface area contributed by atoms with Crippen LogP contribution < -0.4 is 5.32 Å². The van der Waals surface area contributed by atoms with E-state index in [1.807, 2.05) is 30.3 Å². The molecule has 1 N–H and O–H groups in total. The van der Waals surface area contributed by atoms with Crippen molar-refractivity contribution in [2.75, 3.05) is 5.32 Å². The van der Waals surface area contributed by atoms with Crippen LogP contribution in [0, 0.1) is 6.92 Å². The molecule has 0 aliphatic carbocycles. The molecule has 0 spiro atoms. The van der Waals surface area contributed by atoms with Crippen molar-refractivity contribution in [2.45, 2.75) is 19.8 Å². The number of benzene rings is 2. The zero-order chi connectivity index (χ0) is 16.9. The lowest BCUT2D eigenvalue weighted by Crippen LogP contribution is -2.12. The maximum atomic E-state index is 12.0. The highest BCUT2D eigenvalue weighted by molar-refractivity contribution is 6.30. The van der Waals surface area contributed by atoms with Gasteiger partial charge in [0.05, 0.1) is 0 Å². The zero-order valence-electron chi connectivity index (χ0n) is 13.4. The van der Waals surface area contributed by atoms with Gasteiger partial charge < -0.3 is 9.73 Å². The van der Waals surface area contributed by atoms with Gasteiger partial charge in [0.2, 0.25) is 5.91 Å². The molecule has 0 atom stereocenters. The maximum absolute atomic E-state index is 12.0. The Balaban J connectivity index is 1.57. The number of anilines is 1. The van der Waals surface area contributed by atoms with Crippen LogP contribution in [0.3, 0.4) is 0 Å². The van der Waals surface area contributed by atoms with Gasteiger partial charge in [0.25, 0.3) is 0 Å². The Hall–Kier alpha value is -2.52. The van der Waals surface area contributed by atoms with Crippen molar-refractivity contribution < 1.29 is 9.21 Å². The molecule has 1 aromatic heterocycles. The van der Waals surface area contributed by atoms with Gasteiger partial charge in [-0.25, -0.2) is 0 Å². The SMILES string of the molecule is Cc1ccc(-c2ccc(CCC(=O)Nc3cccc(Cl)c3)o2)cc1. The second-order valence-electron chi connectivity index (χ2n) is 5.69. The summed E-state index contributed by atoms with van der Waals surface area (Å²) in [7, 11) is 0. The third-order valence-corrected chi connectivity index (χ3v) is 3.94. The number of amides is 1. The van der Waals surface area contributed by atoms with Gasteiger partial charge in [0, 0.05) is 29.1 Å². The van der Waals surface area contributed by atoms with Gasteiger partial charge in [-0.15, -0.1) is 0 Å². The van der Waals surface area contributed by atoms with Crippen LogP contribution in [0.5, 0.6) is 0 Å². The predicted octanol–water partition coefficient (Wildman–Crippen LogP) is 5.48. The number of rotatable bonds is 5. The van der Waals surface area contributed by atoms with Crippen LogP contribution in [-0.4, -0.2) is 5.91 Å². The second kappa shape index (κ2) is 7.37. The number of hydrogen-bond acceptors (Lipinski definition) is 2. The lowest BCUT2D eigenvalue weighted by molar-refractivity contribution is -0.116. The highest BCUT2D eigenvalue weighted by Crippen LogP contribution is 2.23. The van der Waals surface area contributed by atoms with Crippen molar-refractivity contribution in [1.82, 2.24) is 0 Å². The fraction of sp³-hybridized carbons (Fsp3) is 0.150. The average molecular weight is 340 g/mol. The first-order valence-corrected chi connectivity index (χ1v) is 8.19. The maximum Gasteiger partial charge on any atom is 0.224 e. The predicted molar refractivity (Wildman–Crippen MR) is 97.3 cm³/mol. The van der Waals surface area contributed by atoms with Crippen LogP contribution in [0.15, 0.2) is 65.1 Å². The summed E-state index contributed by atoms with van der Waals surface area (Å²) in [5.74, 6) is 1.55. The Bertz CT molecular complexity index is 837. The molecule has 1 heterocycles. The summed E-state index contributed by atoms with van der Waals surface area (Å²) in [4.78, 5) is 12.0. The highest BCUT2D eigenvalue weighted by atomic mass is 35.5. The summed E-state index contributed by atoms with van der Waals surface area (Å²) in [6.45, 7) is 2.05. The van der Waals surface area contributed by atoms with Gasteiger partial charge in [0.1, 0.15) is 11.5 Å². The molecule has 4 heteroatoms. The molecule has 0 fully saturated rings. The molecular weight excluding hydrogens is 322 g/mol. The van der Waals surface area contributed by atoms with Gasteiger partial charge in [-0.1, -0.05) is 47.5 Å². The van der Waals surface area contributed by atoms with Crippen molar-refractivity contribution in [3.8, 4) is 11.3 Å². The first-order valence-electron chi connectivity index (χ1n) is 7.81. The number of carbonyl (C=O) groups excluding carboxylic acids is 1. The summed E-state index contributed by atoms with van der Waals surface area (Å²) in [5, 5.41) is 3.43. The molecule has 0 saturated carbocycles. The fourth-order valence-corrected chi connectivity index (χ4v) is 2.60. The summed E-state index contributed by atoms with van der Waals surface area (Å²) in [6, 6.07) is 19.1. The van der Waals surface area contributed by atoms with E-state index in [4.69, 9.17) is 16.0 Å². The third kappa shape index (κ3) is 4.27. The quantitative estimate of drug-likeness (QED) is 0.668. The smallest absolute Gasteiger partial charge is 0.224 e. The summed E-state index contributed by atoms with van der Waals surface area (Å²) in [6.07, 6.45) is 0.908. The molecule has 3 rings (SSSR count). The minimum Gasteiger partial charge on any atom is -0.461 e.